The first-order valence-corrected chi connectivity index (χ1v) is 17.2. The molecule has 0 amide bonds. The number of hydrogen-bond acceptors (Lipinski definition) is 4. The van der Waals surface area contributed by atoms with Crippen LogP contribution in [0.15, 0.2) is 5.16 Å². The lowest BCUT2D eigenvalue weighted by Crippen LogP contribution is -2.53. The minimum atomic E-state index is -1.60. The van der Waals surface area contributed by atoms with Crippen molar-refractivity contribution in [2.45, 2.75) is 111 Å². The van der Waals surface area contributed by atoms with Gasteiger partial charge in [0.05, 0.1) is 12.8 Å². The van der Waals surface area contributed by atoms with Crippen LogP contribution >= 0.6 is 0 Å². The van der Waals surface area contributed by atoms with Gasteiger partial charge in [-0.25, -0.2) is 0 Å². The Morgan fingerprint density at radius 1 is 1.06 bits per heavy atom. The highest BCUT2D eigenvalue weighted by Gasteiger charge is 2.60. The molecule has 0 aliphatic heterocycles. The Labute approximate surface area is 203 Å². The first-order chi connectivity index (χ1) is 15.5. The number of carbonyl (C=O) groups excluding carboxylic acids is 1. The second-order valence-electron chi connectivity index (χ2n) is 13.5. The van der Waals surface area contributed by atoms with Gasteiger partial charge in [0.25, 0.3) is 8.32 Å². The predicted octanol–water partition coefficient (Wildman–Crippen LogP) is 7.44. The maximum absolute atomic E-state index is 11.7. The van der Waals surface area contributed by atoms with Crippen molar-refractivity contribution in [2.75, 3.05) is 7.11 Å². The number of rotatable bonds is 6. The van der Waals surface area contributed by atoms with Gasteiger partial charge in [-0.1, -0.05) is 20.8 Å². The minimum Gasteiger partial charge on any atom is -0.469 e. The molecule has 0 heterocycles. The van der Waals surface area contributed by atoms with E-state index >= 15 is 0 Å². The van der Waals surface area contributed by atoms with E-state index in [-0.39, 0.29) is 5.97 Å². The fourth-order valence-electron chi connectivity index (χ4n) is 8.97. The molecule has 33 heavy (non-hydrogen) atoms. The normalized spacial score (nSPS) is 42.8. The molecule has 188 valence electrons. The van der Waals surface area contributed by atoms with Crippen molar-refractivity contribution in [3.63, 3.8) is 0 Å². The van der Waals surface area contributed by atoms with Crippen LogP contribution in [-0.2, 0) is 14.1 Å². The molecular formula is C28H49NO3Si. The SMILES string of the molecule is COC(=O)CCC(C)C1CCC2C3CC[C@@H]4C/C(=N\O[Si](C)(C)C)CCC4(C)C3CCC12C. The summed E-state index contributed by atoms with van der Waals surface area (Å²) >= 11 is 0. The Balaban J connectivity index is 1.44. The maximum Gasteiger partial charge on any atom is 0.305 e. The Hall–Kier alpha value is -0.843. The second-order valence-corrected chi connectivity index (χ2v) is 17.9. The smallest absolute Gasteiger partial charge is 0.305 e. The number of ether oxygens (including phenoxy) is 1. The number of nitrogens with zero attached hydrogens (tertiary/aromatic N) is 1. The molecular weight excluding hydrogens is 426 g/mol. The predicted molar refractivity (Wildman–Crippen MR) is 137 cm³/mol. The van der Waals surface area contributed by atoms with Crippen LogP contribution in [0.3, 0.4) is 0 Å². The van der Waals surface area contributed by atoms with Crippen LogP contribution < -0.4 is 0 Å². The van der Waals surface area contributed by atoms with E-state index in [1.165, 1.54) is 64.2 Å². The molecule has 4 aliphatic carbocycles. The van der Waals surface area contributed by atoms with Gasteiger partial charge in [-0.15, -0.1) is 5.16 Å². The quantitative estimate of drug-likeness (QED) is 0.228. The van der Waals surface area contributed by atoms with Gasteiger partial charge >= 0.3 is 5.97 Å². The van der Waals surface area contributed by atoms with Crippen molar-refractivity contribution in [1.29, 1.82) is 0 Å². The lowest BCUT2D eigenvalue weighted by atomic mass is 9.44. The van der Waals surface area contributed by atoms with Crippen LogP contribution in [0.25, 0.3) is 0 Å². The summed E-state index contributed by atoms with van der Waals surface area (Å²) in [7, 11) is -0.0870. The molecule has 5 heteroatoms. The highest BCUT2D eigenvalue weighted by molar-refractivity contribution is 6.69. The topological polar surface area (TPSA) is 47.9 Å². The first kappa shape index (κ1) is 25.3. The van der Waals surface area contributed by atoms with Crippen molar-refractivity contribution in [3.8, 4) is 0 Å². The lowest BCUT2D eigenvalue weighted by molar-refractivity contribution is -0.141. The molecule has 4 saturated carbocycles. The molecule has 4 aliphatic rings. The van der Waals surface area contributed by atoms with Crippen molar-refractivity contribution < 1.29 is 14.1 Å². The van der Waals surface area contributed by atoms with Crippen LogP contribution in [0.4, 0.5) is 0 Å². The Morgan fingerprint density at radius 2 is 1.79 bits per heavy atom. The van der Waals surface area contributed by atoms with E-state index in [9.17, 15) is 4.79 Å². The van der Waals surface area contributed by atoms with Crippen LogP contribution in [0.2, 0.25) is 19.6 Å². The number of oxime groups is 1. The van der Waals surface area contributed by atoms with Gasteiger partial charge in [0.15, 0.2) is 0 Å². The Morgan fingerprint density at radius 3 is 2.48 bits per heavy atom. The molecule has 0 saturated heterocycles. The standard InChI is InChI=1S/C28H49NO3Si/c1-19(8-13-26(30)31-4)23-11-12-24-22-10-9-20-18-21(29-32-33(5,6)7)14-16-27(20,2)25(22)15-17-28(23,24)3/h19-20,22-25H,8-18H2,1-7H3/b29-21-/t19?,20-,22?,23?,24?,25?,27?,28?/m1/s1. The van der Waals surface area contributed by atoms with Gasteiger partial charge in [0.1, 0.15) is 0 Å². The number of fused-ring (bicyclic) bond motifs is 5. The van der Waals surface area contributed by atoms with Crippen molar-refractivity contribution in [3.05, 3.63) is 0 Å². The zero-order chi connectivity index (χ0) is 24.0. The molecule has 0 aromatic carbocycles. The first-order valence-electron chi connectivity index (χ1n) is 13.8. The summed E-state index contributed by atoms with van der Waals surface area (Å²) in [6, 6.07) is 0. The number of hydrogen-bond donors (Lipinski definition) is 0. The molecule has 0 aromatic rings. The Kier molecular flexibility index (Phi) is 7.13. The van der Waals surface area contributed by atoms with E-state index < -0.39 is 8.32 Å². The number of methoxy groups -OCH3 is 1. The summed E-state index contributed by atoms with van der Waals surface area (Å²) in [6.45, 7) is 14.3. The fraction of sp³-hybridized carbons (Fsp3) is 0.929. The number of carbonyl (C=O) groups is 1. The van der Waals surface area contributed by atoms with Crippen molar-refractivity contribution >= 4 is 20.0 Å². The maximum atomic E-state index is 11.7. The largest absolute Gasteiger partial charge is 0.469 e. The number of esters is 1. The van der Waals surface area contributed by atoms with Crippen LogP contribution in [0.1, 0.15) is 91.4 Å². The highest BCUT2D eigenvalue weighted by Crippen LogP contribution is 2.68. The summed E-state index contributed by atoms with van der Waals surface area (Å²) in [5.74, 6) is 4.79. The summed E-state index contributed by atoms with van der Waals surface area (Å²) < 4.78 is 10.8. The summed E-state index contributed by atoms with van der Waals surface area (Å²) in [4.78, 5) is 11.7. The van der Waals surface area contributed by atoms with E-state index in [4.69, 9.17) is 9.26 Å². The molecule has 0 spiro atoms. The van der Waals surface area contributed by atoms with Crippen LogP contribution in [0.5, 0.6) is 0 Å². The monoisotopic (exact) mass is 475 g/mol. The minimum absolute atomic E-state index is 0.0491. The molecule has 0 aromatic heterocycles. The fourth-order valence-corrected chi connectivity index (χ4v) is 9.37. The molecule has 0 radical (unpaired) electrons. The molecule has 4 fully saturated rings. The van der Waals surface area contributed by atoms with Gasteiger partial charge in [-0.2, -0.15) is 0 Å². The summed E-state index contributed by atoms with van der Waals surface area (Å²) in [5, 5.41) is 4.66. The Bertz CT molecular complexity index is 761. The molecule has 4 nitrogen and oxygen atoms in total. The van der Waals surface area contributed by atoms with E-state index in [1.54, 1.807) is 0 Å². The zero-order valence-electron chi connectivity index (χ0n) is 22.4. The van der Waals surface area contributed by atoms with Gasteiger partial charge in [-0.05, 0) is 130 Å². The second kappa shape index (κ2) is 9.31. The van der Waals surface area contributed by atoms with E-state index in [1.807, 2.05) is 0 Å². The lowest BCUT2D eigenvalue weighted by Gasteiger charge is -2.60. The van der Waals surface area contributed by atoms with Crippen molar-refractivity contribution in [1.82, 2.24) is 0 Å². The molecule has 0 bridgehead atoms. The van der Waals surface area contributed by atoms with Crippen LogP contribution in [-0.4, -0.2) is 27.1 Å². The molecule has 8 atom stereocenters. The zero-order valence-corrected chi connectivity index (χ0v) is 23.4. The molecule has 4 rings (SSSR count). The van der Waals surface area contributed by atoms with Crippen LogP contribution in [0, 0.1) is 46.3 Å². The summed E-state index contributed by atoms with van der Waals surface area (Å²) in [6.07, 6.45) is 13.5. The van der Waals surface area contributed by atoms with Gasteiger partial charge in [0.2, 0.25) is 0 Å². The van der Waals surface area contributed by atoms with E-state index in [2.05, 4.69) is 45.6 Å². The van der Waals surface area contributed by atoms with Gasteiger partial charge < -0.3 is 9.26 Å². The third-order valence-electron chi connectivity index (χ3n) is 10.7. The van der Waals surface area contributed by atoms with E-state index in [0.29, 0.717) is 23.2 Å². The van der Waals surface area contributed by atoms with Crippen molar-refractivity contribution in [2.24, 2.45) is 51.5 Å². The third kappa shape index (κ3) is 4.82. The molecule has 7 unspecified atom stereocenters. The average Bonchev–Trinajstić information content (AvgIpc) is 3.12. The third-order valence-corrected chi connectivity index (χ3v) is 11.4. The van der Waals surface area contributed by atoms with Gasteiger partial charge in [-0.3, -0.25) is 4.79 Å². The van der Waals surface area contributed by atoms with Gasteiger partial charge in [0, 0.05) is 6.42 Å². The highest BCUT2D eigenvalue weighted by atomic mass is 28.4. The summed E-state index contributed by atoms with van der Waals surface area (Å²) in [5.41, 5.74) is 2.28. The van der Waals surface area contributed by atoms with E-state index in [0.717, 1.165) is 42.4 Å². The average molecular weight is 476 g/mol. The molecule has 0 N–H and O–H groups in total.